The second-order valence-electron chi connectivity index (χ2n) is 11.5. The summed E-state index contributed by atoms with van der Waals surface area (Å²) in [6.07, 6.45) is 7.47. The minimum Gasteiger partial charge on any atom is -0.447 e. The van der Waals surface area contributed by atoms with Crippen LogP contribution in [0.1, 0.15) is 79.1 Å². The summed E-state index contributed by atoms with van der Waals surface area (Å²) >= 11 is 0. The van der Waals surface area contributed by atoms with Crippen molar-refractivity contribution in [3.63, 3.8) is 0 Å². The molecule has 0 aromatic carbocycles. The molecule has 4 rings (SSSR count). The van der Waals surface area contributed by atoms with Gasteiger partial charge >= 0.3 is 6.09 Å². The summed E-state index contributed by atoms with van der Waals surface area (Å²) in [5.41, 5.74) is 6.01. The molecule has 3 unspecified atom stereocenters. The van der Waals surface area contributed by atoms with Crippen LogP contribution >= 0.6 is 0 Å². The van der Waals surface area contributed by atoms with Crippen molar-refractivity contribution in [1.29, 1.82) is 0 Å². The van der Waals surface area contributed by atoms with Crippen molar-refractivity contribution in [2.45, 2.75) is 109 Å². The van der Waals surface area contributed by atoms with Crippen molar-refractivity contribution in [2.24, 2.45) is 23.5 Å². The van der Waals surface area contributed by atoms with E-state index in [4.69, 9.17) is 10.5 Å². The molecule has 0 bridgehead atoms. The number of amides is 3. The predicted molar refractivity (Wildman–Crippen MR) is 130 cm³/mol. The molecule has 2 saturated carbocycles. The second kappa shape index (κ2) is 10.4. The highest BCUT2D eigenvalue weighted by molar-refractivity contribution is 5.79. The zero-order chi connectivity index (χ0) is 24.6. The van der Waals surface area contributed by atoms with Gasteiger partial charge in [-0.3, -0.25) is 9.59 Å². The fourth-order valence-corrected chi connectivity index (χ4v) is 7.19. The van der Waals surface area contributed by atoms with Gasteiger partial charge in [-0.05, 0) is 84.0 Å². The lowest BCUT2D eigenvalue weighted by atomic mass is 9.68. The minimum absolute atomic E-state index is 0.00447. The third kappa shape index (κ3) is 5.21. The zero-order valence-corrected chi connectivity index (χ0v) is 21.4. The monoisotopic (exact) mass is 476 g/mol. The Morgan fingerprint density at radius 3 is 2.18 bits per heavy atom. The van der Waals surface area contributed by atoms with Crippen molar-refractivity contribution in [3.8, 4) is 0 Å². The first-order valence-corrected chi connectivity index (χ1v) is 13.5. The van der Waals surface area contributed by atoms with E-state index < -0.39 is 0 Å². The van der Waals surface area contributed by atoms with Crippen molar-refractivity contribution in [2.75, 3.05) is 19.6 Å². The van der Waals surface area contributed by atoms with Gasteiger partial charge in [0.2, 0.25) is 11.8 Å². The van der Waals surface area contributed by atoms with E-state index in [9.17, 15) is 14.4 Å². The molecule has 0 aromatic heterocycles. The smallest absolute Gasteiger partial charge is 0.410 e. The van der Waals surface area contributed by atoms with Crippen LogP contribution in [0.3, 0.4) is 0 Å². The summed E-state index contributed by atoms with van der Waals surface area (Å²) in [4.78, 5) is 44.3. The van der Waals surface area contributed by atoms with Crippen LogP contribution in [0.5, 0.6) is 0 Å². The largest absolute Gasteiger partial charge is 0.447 e. The van der Waals surface area contributed by atoms with Crippen molar-refractivity contribution in [1.82, 2.24) is 14.7 Å². The lowest BCUT2D eigenvalue weighted by molar-refractivity contribution is -0.142. The zero-order valence-electron chi connectivity index (χ0n) is 21.4. The highest BCUT2D eigenvalue weighted by Gasteiger charge is 2.48. The summed E-state index contributed by atoms with van der Waals surface area (Å²) < 4.78 is 5.59. The van der Waals surface area contributed by atoms with Gasteiger partial charge in [-0.2, -0.15) is 0 Å². The predicted octanol–water partition coefficient (Wildman–Crippen LogP) is 2.99. The number of fused-ring (bicyclic) bond motifs is 1. The first-order valence-electron chi connectivity index (χ1n) is 13.5. The summed E-state index contributed by atoms with van der Waals surface area (Å²) in [5, 5.41) is 0. The van der Waals surface area contributed by atoms with Gasteiger partial charge < -0.3 is 25.2 Å². The van der Waals surface area contributed by atoms with E-state index in [1.54, 1.807) is 6.92 Å². The molecule has 192 valence electrons. The molecule has 5 atom stereocenters. The Morgan fingerprint density at radius 1 is 0.912 bits per heavy atom. The molecule has 8 nitrogen and oxygen atoms in total. The van der Waals surface area contributed by atoms with Crippen LogP contribution in [0.15, 0.2) is 0 Å². The maximum absolute atomic E-state index is 13.0. The molecule has 8 heteroatoms. The minimum atomic E-state index is -0.251. The van der Waals surface area contributed by atoms with Gasteiger partial charge in [0.1, 0.15) is 0 Å². The molecular formula is C26H44N4O4. The number of ether oxygens (including phenoxy) is 1. The number of nitrogens with zero attached hydrogens (tertiary/aromatic N) is 3. The van der Waals surface area contributed by atoms with Gasteiger partial charge in [-0.25, -0.2) is 4.79 Å². The highest BCUT2D eigenvalue weighted by Crippen LogP contribution is 2.44. The normalized spacial score (nSPS) is 36.4. The van der Waals surface area contributed by atoms with Gasteiger partial charge in [0.15, 0.2) is 0 Å². The molecule has 2 N–H and O–H groups in total. The number of nitrogens with two attached hydrogens (primary N) is 1. The third-order valence-electron chi connectivity index (χ3n) is 8.77. The van der Waals surface area contributed by atoms with Crippen LogP contribution in [-0.2, 0) is 14.3 Å². The Hall–Kier alpha value is -1.83. The second-order valence-corrected chi connectivity index (χ2v) is 11.5. The van der Waals surface area contributed by atoms with Gasteiger partial charge in [0, 0.05) is 44.6 Å². The van der Waals surface area contributed by atoms with Crippen LogP contribution in [-0.4, -0.2) is 82.5 Å². The number of piperazine rings is 1. The van der Waals surface area contributed by atoms with E-state index in [-0.39, 0.29) is 48.2 Å². The topological polar surface area (TPSA) is 96.2 Å². The Bertz CT molecular complexity index is 766. The first kappa shape index (κ1) is 25.3. The Kier molecular flexibility index (Phi) is 7.75. The Labute approximate surface area is 204 Å². The Balaban J connectivity index is 1.40. The summed E-state index contributed by atoms with van der Waals surface area (Å²) in [6.45, 7) is 9.47. The molecule has 34 heavy (non-hydrogen) atoms. The third-order valence-corrected chi connectivity index (χ3v) is 8.77. The quantitative estimate of drug-likeness (QED) is 0.676. The number of carbonyl (C=O) groups excluding carboxylic acids is 3. The van der Waals surface area contributed by atoms with Gasteiger partial charge in [0.25, 0.3) is 0 Å². The van der Waals surface area contributed by atoms with E-state index in [0.717, 1.165) is 57.9 Å². The van der Waals surface area contributed by atoms with Gasteiger partial charge in [0.05, 0.1) is 18.2 Å². The van der Waals surface area contributed by atoms with E-state index >= 15 is 0 Å². The number of hydrogen-bond acceptors (Lipinski definition) is 5. The van der Waals surface area contributed by atoms with E-state index in [0.29, 0.717) is 30.8 Å². The van der Waals surface area contributed by atoms with Crippen LogP contribution < -0.4 is 5.73 Å². The molecule has 2 heterocycles. The van der Waals surface area contributed by atoms with Crippen molar-refractivity contribution in [3.05, 3.63) is 0 Å². The molecule has 0 aromatic rings. The van der Waals surface area contributed by atoms with E-state index in [2.05, 4.69) is 0 Å². The maximum atomic E-state index is 13.0. The summed E-state index contributed by atoms with van der Waals surface area (Å²) in [7, 11) is 0. The number of likely N-dealkylation sites (tertiary alicyclic amines) is 1. The number of carbonyl (C=O) groups is 3. The van der Waals surface area contributed by atoms with Crippen molar-refractivity contribution >= 4 is 17.9 Å². The molecule has 0 spiro atoms. The van der Waals surface area contributed by atoms with Crippen LogP contribution in [0, 0.1) is 17.8 Å². The molecule has 3 amide bonds. The lowest BCUT2D eigenvalue weighted by Gasteiger charge is -2.54. The van der Waals surface area contributed by atoms with Crippen LogP contribution in [0.4, 0.5) is 4.79 Å². The molecule has 2 saturated heterocycles. The maximum Gasteiger partial charge on any atom is 0.410 e. The van der Waals surface area contributed by atoms with Crippen LogP contribution in [0.2, 0.25) is 0 Å². The average molecular weight is 477 g/mol. The SMILES string of the molecule is CC(=O)N1C2CCC(C3CCC(C(=O)N4CC[C@@H](N)C4)CC3)CC2N(C(=O)OC(C)C)C[C@@H]1C. The summed E-state index contributed by atoms with van der Waals surface area (Å²) in [6, 6.07) is 0.203. The molecule has 4 fully saturated rings. The fraction of sp³-hybridized carbons (Fsp3) is 0.885. The molecule has 4 aliphatic rings. The number of hydrogen-bond donors (Lipinski definition) is 1. The molecular weight excluding hydrogens is 432 g/mol. The lowest BCUT2D eigenvalue weighted by Crippen LogP contribution is -2.67. The first-order chi connectivity index (χ1) is 16.2. The summed E-state index contributed by atoms with van der Waals surface area (Å²) in [5.74, 6) is 1.64. The van der Waals surface area contributed by atoms with Crippen LogP contribution in [0.25, 0.3) is 0 Å². The molecule has 2 aliphatic heterocycles. The highest BCUT2D eigenvalue weighted by atomic mass is 16.6. The Morgan fingerprint density at radius 2 is 1.59 bits per heavy atom. The van der Waals surface area contributed by atoms with Gasteiger partial charge in [-0.15, -0.1) is 0 Å². The standard InChI is InChI=1S/C26H44N4O4/c1-16(2)34-26(33)29-14-17(3)30(18(4)31)23-10-9-21(13-24(23)29)19-5-7-20(8-6-19)25(32)28-12-11-22(27)15-28/h16-17,19-24H,5-15,27H2,1-4H3/t17-,19?,20?,21?,22+,23?,24?/m0/s1. The molecule has 2 aliphatic carbocycles. The molecule has 0 radical (unpaired) electrons. The van der Waals surface area contributed by atoms with E-state index in [1.807, 2.05) is 35.5 Å². The van der Waals surface area contributed by atoms with Gasteiger partial charge in [-0.1, -0.05) is 0 Å². The van der Waals surface area contributed by atoms with E-state index in [1.165, 1.54) is 0 Å². The fourth-order valence-electron chi connectivity index (χ4n) is 7.19. The average Bonchev–Trinajstić information content (AvgIpc) is 3.23. The number of rotatable bonds is 3. The van der Waals surface area contributed by atoms with Crippen molar-refractivity contribution < 1.29 is 19.1 Å².